The van der Waals surface area contributed by atoms with Gasteiger partial charge >= 0.3 is 6.18 Å². The van der Waals surface area contributed by atoms with Gasteiger partial charge in [0.1, 0.15) is 0 Å². The van der Waals surface area contributed by atoms with Crippen LogP contribution in [0.3, 0.4) is 0 Å². The van der Waals surface area contributed by atoms with Crippen LogP contribution < -0.4 is 11.5 Å². The molecule has 1 aliphatic carbocycles. The molecule has 0 aliphatic heterocycles. The third-order valence-corrected chi connectivity index (χ3v) is 1.96. The molecule has 4 N–H and O–H groups in total. The number of hydrogen-bond acceptors (Lipinski definition) is 2. The van der Waals surface area contributed by atoms with E-state index in [9.17, 15) is 13.2 Å². The number of rotatable bonds is 1. The van der Waals surface area contributed by atoms with Crippen molar-refractivity contribution in [2.24, 2.45) is 11.5 Å². The molecule has 0 aromatic heterocycles. The van der Waals surface area contributed by atoms with E-state index in [1.807, 2.05) is 0 Å². The summed E-state index contributed by atoms with van der Waals surface area (Å²) in [6, 6.07) is -0.779. The van der Waals surface area contributed by atoms with Crippen LogP contribution in [0.2, 0.25) is 0 Å². The summed E-state index contributed by atoms with van der Waals surface area (Å²) in [6.07, 6.45) is 0.446. The average molecular weight is 192 g/mol. The topological polar surface area (TPSA) is 52.0 Å². The lowest BCUT2D eigenvalue weighted by Crippen LogP contribution is -2.55. The monoisotopic (exact) mass is 192 g/mol. The summed E-state index contributed by atoms with van der Waals surface area (Å²) in [7, 11) is 0. The van der Waals surface area contributed by atoms with Gasteiger partial charge in [0, 0.05) is 6.04 Å². The molecule has 74 valence electrons. The Morgan fingerprint density at radius 1 is 1.31 bits per heavy atom. The summed E-state index contributed by atoms with van der Waals surface area (Å²) in [4.78, 5) is 0. The predicted octanol–water partition coefficient (Wildman–Crippen LogP) is 1.09. The van der Waals surface area contributed by atoms with Gasteiger partial charge in [-0.2, -0.15) is 13.2 Å². The molecule has 0 aromatic carbocycles. The lowest BCUT2D eigenvalue weighted by molar-refractivity contribution is -0.144. The van der Waals surface area contributed by atoms with Gasteiger partial charge in [0.25, 0.3) is 0 Å². The van der Waals surface area contributed by atoms with E-state index in [4.69, 9.17) is 11.5 Å². The Morgan fingerprint density at radius 3 is 2.38 bits per heavy atom. The van der Waals surface area contributed by atoms with Crippen molar-refractivity contribution in [1.29, 1.82) is 0 Å². The average Bonchev–Trinajstić information content (AvgIpc) is 1.92. The molecular formula is C8H11F3N2. The first-order valence-corrected chi connectivity index (χ1v) is 3.81. The Bertz CT molecular complexity index is 244. The maximum atomic E-state index is 12.1. The second-order valence-corrected chi connectivity index (χ2v) is 3.17. The molecule has 2 unspecified atom stereocenters. The Hall–Kier alpha value is -0.810. The molecule has 2 atom stereocenters. The highest BCUT2D eigenvalue weighted by Crippen LogP contribution is 2.30. The van der Waals surface area contributed by atoms with E-state index in [0.717, 1.165) is 0 Å². The predicted molar refractivity (Wildman–Crippen MR) is 43.8 cm³/mol. The second kappa shape index (κ2) is 3.16. The van der Waals surface area contributed by atoms with E-state index >= 15 is 0 Å². The molecule has 1 rings (SSSR count). The molecule has 0 heterocycles. The minimum atomic E-state index is -4.29. The number of hydrogen-bond donors (Lipinski definition) is 2. The minimum absolute atomic E-state index is 0.779. The van der Waals surface area contributed by atoms with E-state index in [-0.39, 0.29) is 0 Å². The maximum absolute atomic E-state index is 12.1. The van der Waals surface area contributed by atoms with Crippen molar-refractivity contribution in [2.45, 2.75) is 24.2 Å². The van der Waals surface area contributed by atoms with Gasteiger partial charge in [-0.15, -0.1) is 0 Å². The van der Waals surface area contributed by atoms with Crippen molar-refractivity contribution in [1.82, 2.24) is 0 Å². The standard InChI is InChI=1S/C8H11F3N2/c9-8(10,11)5-7(13)4-2-1-3-6(7)12/h1-4,6H,5,12-13H2. The van der Waals surface area contributed by atoms with Crippen LogP contribution in [0.15, 0.2) is 24.3 Å². The highest BCUT2D eigenvalue weighted by molar-refractivity contribution is 5.26. The van der Waals surface area contributed by atoms with Crippen molar-refractivity contribution >= 4 is 0 Å². The van der Waals surface area contributed by atoms with Crippen molar-refractivity contribution < 1.29 is 13.2 Å². The minimum Gasteiger partial charge on any atom is -0.323 e. The largest absolute Gasteiger partial charge is 0.391 e. The zero-order valence-electron chi connectivity index (χ0n) is 6.88. The number of alkyl halides is 3. The Kier molecular flexibility index (Phi) is 2.49. The van der Waals surface area contributed by atoms with Crippen LogP contribution in [0, 0.1) is 0 Å². The first-order chi connectivity index (χ1) is 5.83. The molecule has 0 bridgehead atoms. The molecule has 1 aliphatic rings. The first kappa shape index (κ1) is 10.3. The van der Waals surface area contributed by atoms with Crippen LogP contribution in [0.25, 0.3) is 0 Å². The molecule has 13 heavy (non-hydrogen) atoms. The third kappa shape index (κ3) is 2.57. The molecule has 0 fully saturated rings. The van der Waals surface area contributed by atoms with Gasteiger partial charge in [0.05, 0.1) is 12.0 Å². The van der Waals surface area contributed by atoms with Gasteiger partial charge in [-0.05, 0) is 0 Å². The fourth-order valence-electron chi connectivity index (χ4n) is 1.23. The van der Waals surface area contributed by atoms with Crippen molar-refractivity contribution in [3.8, 4) is 0 Å². The number of nitrogens with two attached hydrogens (primary N) is 2. The second-order valence-electron chi connectivity index (χ2n) is 3.17. The number of allylic oxidation sites excluding steroid dienone is 2. The zero-order valence-corrected chi connectivity index (χ0v) is 6.88. The van der Waals surface area contributed by atoms with Crippen LogP contribution in [-0.4, -0.2) is 17.8 Å². The summed E-state index contributed by atoms with van der Waals surface area (Å²) in [5.41, 5.74) is 9.47. The van der Waals surface area contributed by atoms with E-state index in [1.54, 1.807) is 6.08 Å². The van der Waals surface area contributed by atoms with Crippen molar-refractivity contribution in [3.63, 3.8) is 0 Å². The number of halogens is 3. The molecule has 0 saturated heterocycles. The SMILES string of the molecule is NC1C=CC=CC1(N)CC(F)(F)F. The van der Waals surface area contributed by atoms with Gasteiger partial charge in [-0.25, -0.2) is 0 Å². The third-order valence-electron chi connectivity index (χ3n) is 1.96. The van der Waals surface area contributed by atoms with Gasteiger partial charge in [-0.1, -0.05) is 24.3 Å². The fourth-order valence-corrected chi connectivity index (χ4v) is 1.23. The molecule has 2 nitrogen and oxygen atoms in total. The Morgan fingerprint density at radius 2 is 1.92 bits per heavy atom. The Labute approximate surface area is 74.1 Å². The molecule has 0 aromatic rings. The lowest BCUT2D eigenvalue weighted by Gasteiger charge is -2.33. The maximum Gasteiger partial charge on any atom is 0.391 e. The fraction of sp³-hybridized carbons (Fsp3) is 0.500. The van der Waals surface area contributed by atoms with Crippen LogP contribution in [0.4, 0.5) is 13.2 Å². The zero-order chi connectivity index (χ0) is 10.1. The van der Waals surface area contributed by atoms with Gasteiger partial charge in [0.2, 0.25) is 0 Å². The lowest BCUT2D eigenvalue weighted by atomic mass is 9.84. The van der Waals surface area contributed by atoms with Gasteiger partial charge in [0.15, 0.2) is 0 Å². The van der Waals surface area contributed by atoms with Gasteiger partial charge < -0.3 is 11.5 Å². The first-order valence-electron chi connectivity index (χ1n) is 3.81. The van der Waals surface area contributed by atoms with E-state index in [2.05, 4.69) is 0 Å². The molecule has 5 heteroatoms. The van der Waals surface area contributed by atoms with E-state index in [0.29, 0.717) is 0 Å². The molecule has 0 radical (unpaired) electrons. The van der Waals surface area contributed by atoms with Crippen LogP contribution in [-0.2, 0) is 0 Å². The summed E-state index contributed by atoms with van der Waals surface area (Å²) in [5.74, 6) is 0. The molecule has 0 spiro atoms. The summed E-state index contributed by atoms with van der Waals surface area (Å²) in [6.45, 7) is 0. The van der Waals surface area contributed by atoms with Crippen molar-refractivity contribution in [2.75, 3.05) is 0 Å². The molecule has 0 saturated carbocycles. The van der Waals surface area contributed by atoms with E-state index in [1.165, 1.54) is 18.2 Å². The quantitative estimate of drug-likeness (QED) is 0.653. The van der Waals surface area contributed by atoms with E-state index < -0.39 is 24.2 Å². The summed E-state index contributed by atoms with van der Waals surface area (Å²) < 4.78 is 36.2. The molecular weight excluding hydrogens is 181 g/mol. The smallest absolute Gasteiger partial charge is 0.323 e. The molecule has 0 amide bonds. The summed E-state index contributed by atoms with van der Waals surface area (Å²) >= 11 is 0. The Balaban J connectivity index is 2.76. The van der Waals surface area contributed by atoms with Crippen molar-refractivity contribution in [3.05, 3.63) is 24.3 Å². The van der Waals surface area contributed by atoms with Gasteiger partial charge in [-0.3, -0.25) is 0 Å². The van der Waals surface area contributed by atoms with Crippen LogP contribution in [0.5, 0.6) is 0 Å². The van der Waals surface area contributed by atoms with Crippen LogP contribution in [0.1, 0.15) is 6.42 Å². The summed E-state index contributed by atoms with van der Waals surface area (Å²) in [5, 5.41) is 0. The highest BCUT2D eigenvalue weighted by Gasteiger charge is 2.41. The highest BCUT2D eigenvalue weighted by atomic mass is 19.4. The normalized spacial score (nSPS) is 33.8. The van der Waals surface area contributed by atoms with Crippen LogP contribution >= 0.6 is 0 Å².